The van der Waals surface area contributed by atoms with Gasteiger partial charge in [-0.15, -0.1) is 0 Å². The molecule has 1 unspecified atom stereocenters. The van der Waals surface area contributed by atoms with Gasteiger partial charge in [-0.3, -0.25) is 14.5 Å². The second-order valence-electron chi connectivity index (χ2n) is 4.91. The summed E-state index contributed by atoms with van der Waals surface area (Å²) in [6.07, 6.45) is 0.716. The van der Waals surface area contributed by atoms with Gasteiger partial charge in [0, 0.05) is 16.7 Å². The first-order valence-corrected chi connectivity index (χ1v) is 7.11. The molecule has 20 heavy (non-hydrogen) atoms. The van der Waals surface area contributed by atoms with Gasteiger partial charge >= 0.3 is 0 Å². The standard InChI is InChI=1S/C13H17BrN4O2/c14-10-5-9(15)1-2-11(10)17-12(19)7-18-4-3-8(6-18)13(16)20/h1-2,5,8H,3-4,6-7,15H2,(H2,16,20)(H,17,19). The number of nitrogens with zero attached hydrogens (tertiary/aromatic N) is 1. The van der Waals surface area contributed by atoms with E-state index in [0.717, 1.165) is 4.47 Å². The molecule has 1 aliphatic rings. The number of hydrogen-bond acceptors (Lipinski definition) is 4. The van der Waals surface area contributed by atoms with Crippen molar-refractivity contribution in [1.82, 2.24) is 4.90 Å². The summed E-state index contributed by atoms with van der Waals surface area (Å²) in [6.45, 7) is 1.51. The molecule has 1 saturated heterocycles. The molecule has 7 heteroatoms. The van der Waals surface area contributed by atoms with Crippen LogP contribution in [0.3, 0.4) is 0 Å². The molecule has 1 fully saturated rings. The second-order valence-corrected chi connectivity index (χ2v) is 5.76. The average molecular weight is 341 g/mol. The van der Waals surface area contributed by atoms with Gasteiger partial charge in [-0.25, -0.2) is 0 Å². The number of carbonyl (C=O) groups excluding carboxylic acids is 2. The van der Waals surface area contributed by atoms with E-state index < -0.39 is 0 Å². The summed E-state index contributed by atoms with van der Waals surface area (Å²) in [5, 5.41) is 2.81. The Morgan fingerprint density at radius 3 is 2.80 bits per heavy atom. The van der Waals surface area contributed by atoms with E-state index in [1.165, 1.54) is 0 Å². The normalized spacial score (nSPS) is 18.9. The highest BCUT2D eigenvalue weighted by atomic mass is 79.9. The van der Waals surface area contributed by atoms with Crippen LogP contribution in [0.4, 0.5) is 11.4 Å². The van der Waals surface area contributed by atoms with Crippen molar-refractivity contribution in [2.24, 2.45) is 11.7 Å². The molecule has 0 radical (unpaired) electrons. The number of nitrogen functional groups attached to an aromatic ring is 1. The summed E-state index contributed by atoms with van der Waals surface area (Å²) >= 11 is 3.35. The van der Waals surface area contributed by atoms with Crippen molar-refractivity contribution in [3.05, 3.63) is 22.7 Å². The van der Waals surface area contributed by atoms with Crippen LogP contribution < -0.4 is 16.8 Å². The van der Waals surface area contributed by atoms with E-state index in [-0.39, 0.29) is 24.3 Å². The van der Waals surface area contributed by atoms with E-state index in [2.05, 4.69) is 21.2 Å². The molecule has 0 aromatic heterocycles. The topological polar surface area (TPSA) is 101 Å². The van der Waals surface area contributed by atoms with Crippen molar-refractivity contribution in [1.29, 1.82) is 0 Å². The fourth-order valence-corrected chi connectivity index (χ4v) is 2.73. The van der Waals surface area contributed by atoms with Crippen LogP contribution in [0, 0.1) is 5.92 Å². The first-order valence-electron chi connectivity index (χ1n) is 6.32. The zero-order valence-electron chi connectivity index (χ0n) is 10.9. The SMILES string of the molecule is NC(=O)C1CCN(CC(=O)Nc2ccc(N)cc2Br)C1. The van der Waals surface area contributed by atoms with Crippen LogP contribution in [-0.2, 0) is 9.59 Å². The Labute approximate surface area is 125 Å². The number of likely N-dealkylation sites (tertiary alicyclic amines) is 1. The van der Waals surface area contributed by atoms with Gasteiger partial charge in [-0.2, -0.15) is 0 Å². The van der Waals surface area contributed by atoms with Crippen molar-refractivity contribution in [3.63, 3.8) is 0 Å². The lowest BCUT2D eigenvalue weighted by Gasteiger charge is -2.15. The molecule has 6 nitrogen and oxygen atoms in total. The van der Waals surface area contributed by atoms with E-state index in [4.69, 9.17) is 11.5 Å². The van der Waals surface area contributed by atoms with Crippen LogP contribution in [0.1, 0.15) is 6.42 Å². The number of anilines is 2. The first kappa shape index (κ1) is 14.8. The third kappa shape index (κ3) is 3.71. The van der Waals surface area contributed by atoms with Gasteiger partial charge in [0.15, 0.2) is 0 Å². The number of amides is 2. The molecule has 1 atom stereocenters. The van der Waals surface area contributed by atoms with Crippen molar-refractivity contribution >= 4 is 39.1 Å². The minimum atomic E-state index is -0.297. The Bertz CT molecular complexity index is 535. The fourth-order valence-electron chi connectivity index (χ4n) is 2.23. The summed E-state index contributed by atoms with van der Waals surface area (Å²) < 4.78 is 0.738. The molecule has 1 aliphatic heterocycles. The summed E-state index contributed by atoms with van der Waals surface area (Å²) in [5.74, 6) is -0.569. The number of carbonyl (C=O) groups is 2. The summed E-state index contributed by atoms with van der Waals surface area (Å²) in [7, 11) is 0. The average Bonchev–Trinajstić information content (AvgIpc) is 2.81. The molecule has 108 valence electrons. The molecular formula is C13H17BrN4O2. The Morgan fingerprint density at radius 1 is 1.45 bits per heavy atom. The highest BCUT2D eigenvalue weighted by molar-refractivity contribution is 9.10. The zero-order valence-corrected chi connectivity index (χ0v) is 12.5. The number of rotatable bonds is 4. The number of benzene rings is 1. The van der Waals surface area contributed by atoms with Crippen molar-refractivity contribution in [3.8, 4) is 0 Å². The molecule has 0 bridgehead atoms. The largest absolute Gasteiger partial charge is 0.399 e. The van der Waals surface area contributed by atoms with Gasteiger partial charge in [0.05, 0.1) is 18.2 Å². The fraction of sp³-hybridized carbons (Fsp3) is 0.385. The molecule has 0 spiro atoms. The second kappa shape index (κ2) is 6.23. The Kier molecular flexibility index (Phi) is 4.61. The van der Waals surface area contributed by atoms with Crippen LogP contribution in [0.2, 0.25) is 0 Å². The maximum absolute atomic E-state index is 12.0. The summed E-state index contributed by atoms with van der Waals surface area (Å²) in [6, 6.07) is 5.20. The molecule has 1 heterocycles. The molecule has 0 saturated carbocycles. The Morgan fingerprint density at radius 2 is 2.20 bits per heavy atom. The van der Waals surface area contributed by atoms with E-state index in [0.29, 0.717) is 30.9 Å². The van der Waals surface area contributed by atoms with Crippen molar-refractivity contribution in [2.75, 3.05) is 30.7 Å². The molecule has 1 aromatic rings. The maximum Gasteiger partial charge on any atom is 0.238 e. The van der Waals surface area contributed by atoms with Gasteiger partial charge in [0.25, 0.3) is 0 Å². The minimum Gasteiger partial charge on any atom is -0.399 e. The molecule has 2 amide bonds. The smallest absolute Gasteiger partial charge is 0.238 e. The number of halogens is 1. The molecule has 5 N–H and O–H groups in total. The molecule has 2 rings (SSSR count). The lowest BCUT2D eigenvalue weighted by Crippen LogP contribution is -2.33. The highest BCUT2D eigenvalue weighted by Gasteiger charge is 2.27. The maximum atomic E-state index is 12.0. The van der Waals surface area contributed by atoms with E-state index >= 15 is 0 Å². The Balaban J connectivity index is 1.88. The number of hydrogen-bond donors (Lipinski definition) is 3. The third-order valence-corrected chi connectivity index (χ3v) is 3.97. The van der Waals surface area contributed by atoms with Crippen LogP contribution in [0.5, 0.6) is 0 Å². The van der Waals surface area contributed by atoms with E-state index in [1.54, 1.807) is 18.2 Å². The summed E-state index contributed by atoms with van der Waals surface area (Å²) in [5.41, 5.74) is 12.2. The predicted octanol–water partition coefficient (Wildman–Crippen LogP) is 0.777. The Hall–Kier alpha value is -1.60. The van der Waals surface area contributed by atoms with Gasteiger partial charge < -0.3 is 16.8 Å². The quantitative estimate of drug-likeness (QED) is 0.704. The zero-order chi connectivity index (χ0) is 14.7. The monoisotopic (exact) mass is 340 g/mol. The van der Waals surface area contributed by atoms with E-state index in [9.17, 15) is 9.59 Å². The van der Waals surface area contributed by atoms with Crippen LogP contribution in [0.15, 0.2) is 22.7 Å². The predicted molar refractivity (Wildman–Crippen MR) is 80.9 cm³/mol. The van der Waals surface area contributed by atoms with Gasteiger partial charge in [0.1, 0.15) is 0 Å². The molecular weight excluding hydrogens is 324 g/mol. The van der Waals surface area contributed by atoms with E-state index in [1.807, 2.05) is 4.90 Å². The number of nitrogens with one attached hydrogen (secondary N) is 1. The van der Waals surface area contributed by atoms with Gasteiger partial charge in [-0.1, -0.05) is 0 Å². The van der Waals surface area contributed by atoms with Gasteiger partial charge in [-0.05, 0) is 47.1 Å². The van der Waals surface area contributed by atoms with Crippen molar-refractivity contribution < 1.29 is 9.59 Å². The first-order chi connectivity index (χ1) is 9.45. The van der Waals surface area contributed by atoms with Crippen molar-refractivity contribution in [2.45, 2.75) is 6.42 Å². The molecule has 1 aromatic carbocycles. The van der Waals surface area contributed by atoms with Crippen LogP contribution in [0.25, 0.3) is 0 Å². The van der Waals surface area contributed by atoms with Crippen LogP contribution in [-0.4, -0.2) is 36.3 Å². The lowest BCUT2D eigenvalue weighted by molar-refractivity contribution is -0.122. The third-order valence-electron chi connectivity index (χ3n) is 3.31. The van der Waals surface area contributed by atoms with Crippen LogP contribution >= 0.6 is 15.9 Å². The highest BCUT2D eigenvalue weighted by Crippen LogP contribution is 2.24. The minimum absolute atomic E-state index is 0.124. The number of nitrogens with two attached hydrogens (primary N) is 2. The van der Waals surface area contributed by atoms with Gasteiger partial charge in [0.2, 0.25) is 11.8 Å². The number of primary amides is 1. The summed E-state index contributed by atoms with van der Waals surface area (Å²) in [4.78, 5) is 25.0. The lowest BCUT2D eigenvalue weighted by atomic mass is 10.1. The molecule has 0 aliphatic carbocycles.